The van der Waals surface area contributed by atoms with E-state index in [1.807, 2.05) is 42.5 Å². The number of anilines is 1. The molecule has 33 heavy (non-hydrogen) atoms. The molecule has 170 valence electrons. The van der Waals surface area contributed by atoms with Crippen LogP contribution in [0.3, 0.4) is 0 Å². The van der Waals surface area contributed by atoms with Crippen LogP contribution in [0.5, 0.6) is 0 Å². The number of thioether (sulfide) groups is 1. The normalized spacial score (nSPS) is 17.2. The minimum atomic E-state index is -0.881. The maximum Gasteiger partial charge on any atom is 0.242 e. The van der Waals surface area contributed by atoms with E-state index >= 15 is 0 Å². The highest BCUT2D eigenvalue weighted by Crippen LogP contribution is 2.34. The molecule has 1 aliphatic heterocycles. The Hall–Kier alpha value is -3.30. The molecule has 6 nitrogen and oxygen atoms in total. The Labute approximate surface area is 193 Å². The van der Waals surface area contributed by atoms with Crippen molar-refractivity contribution in [3.63, 3.8) is 0 Å². The molecule has 0 saturated carbocycles. The van der Waals surface area contributed by atoms with Crippen LogP contribution in [0.4, 0.5) is 20.2 Å². The maximum absolute atomic E-state index is 13.9. The van der Waals surface area contributed by atoms with Crippen molar-refractivity contribution in [3.8, 4) is 0 Å². The largest absolute Gasteiger partial charge is 0.383 e. The Balaban J connectivity index is 1.56. The van der Waals surface area contributed by atoms with Crippen molar-refractivity contribution in [1.29, 1.82) is 0 Å². The molecule has 1 heterocycles. The molecule has 1 atom stereocenters. The van der Waals surface area contributed by atoms with E-state index in [4.69, 9.17) is 9.73 Å². The molecular formula is C24H21F2N3O3S. The number of hydrogen-bond acceptors (Lipinski definition) is 5. The minimum absolute atomic E-state index is 0.141. The minimum Gasteiger partial charge on any atom is -0.383 e. The number of methoxy groups -OCH3 is 1. The number of ether oxygens (including phenoxy) is 1. The number of nitrogens with one attached hydrogen (secondary N) is 1. The van der Waals surface area contributed by atoms with Crippen molar-refractivity contribution < 1.29 is 23.1 Å². The van der Waals surface area contributed by atoms with E-state index in [0.29, 0.717) is 23.5 Å². The zero-order chi connectivity index (χ0) is 23.4. The predicted octanol–water partition coefficient (Wildman–Crippen LogP) is 4.72. The molecule has 1 N–H and O–H groups in total. The highest BCUT2D eigenvalue weighted by molar-refractivity contribution is 8.15. The third kappa shape index (κ3) is 5.20. The van der Waals surface area contributed by atoms with Gasteiger partial charge in [0.15, 0.2) is 5.17 Å². The number of rotatable bonds is 7. The third-order valence-electron chi connectivity index (χ3n) is 5.10. The van der Waals surface area contributed by atoms with E-state index in [2.05, 4.69) is 5.32 Å². The summed E-state index contributed by atoms with van der Waals surface area (Å²) in [5.41, 5.74) is 0.571. The summed E-state index contributed by atoms with van der Waals surface area (Å²) >= 11 is 1.18. The smallest absolute Gasteiger partial charge is 0.242 e. The van der Waals surface area contributed by atoms with E-state index in [9.17, 15) is 18.4 Å². The third-order valence-corrected chi connectivity index (χ3v) is 6.27. The highest BCUT2D eigenvalue weighted by atomic mass is 32.2. The lowest BCUT2D eigenvalue weighted by Crippen LogP contribution is -2.35. The highest BCUT2D eigenvalue weighted by Gasteiger charge is 2.39. The molecule has 4 rings (SSSR count). The van der Waals surface area contributed by atoms with Crippen molar-refractivity contribution in [2.75, 3.05) is 25.6 Å². The first kappa shape index (κ1) is 22.9. The van der Waals surface area contributed by atoms with Gasteiger partial charge in [-0.3, -0.25) is 14.5 Å². The molecule has 9 heteroatoms. The predicted molar refractivity (Wildman–Crippen MR) is 126 cm³/mol. The van der Waals surface area contributed by atoms with E-state index in [1.54, 1.807) is 0 Å². The van der Waals surface area contributed by atoms with Gasteiger partial charge in [-0.15, -0.1) is 0 Å². The Bertz CT molecular complexity index is 1230. The summed E-state index contributed by atoms with van der Waals surface area (Å²) in [6, 6.07) is 16.4. The van der Waals surface area contributed by atoms with Crippen LogP contribution in [0.15, 0.2) is 65.7 Å². The van der Waals surface area contributed by atoms with Gasteiger partial charge in [-0.25, -0.2) is 13.8 Å². The molecule has 1 aliphatic rings. The summed E-state index contributed by atoms with van der Waals surface area (Å²) < 4.78 is 32.1. The van der Waals surface area contributed by atoms with Gasteiger partial charge in [0.05, 0.1) is 24.5 Å². The van der Waals surface area contributed by atoms with Crippen LogP contribution in [0, 0.1) is 11.6 Å². The van der Waals surface area contributed by atoms with Gasteiger partial charge in [-0.1, -0.05) is 48.2 Å². The molecule has 0 radical (unpaired) electrons. The quantitative estimate of drug-likeness (QED) is 0.543. The Morgan fingerprint density at radius 1 is 1.15 bits per heavy atom. The first-order valence-corrected chi connectivity index (χ1v) is 11.1. The second-order valence-electron chi connectivity index (χ2n) is 7.36. The Kier molecular flexibility index (Phi) is 7.00. The number of aliphatic imine (C=N–C) groups is 1. The van der Waals surface area contributed by atoms with Gasteiger partial charge in [0.1, 0.15) is 16.9 Å². The molecule has 1 fully saturated rings. The molecule has 3 aromatic rings. The summed E-state index contributed by atoms with van der Waals surface area (Å²) in [7, 11) is 1.54. The lowest BCUT2D eigenvalue weighted by molar-refractivity contribution is -0.128. The number of amides is 2. The molecule has 2 amide bonds. The molecule has 0 spiro atoms. The zero-order valence-corrected chi connectivity index (χ0v) is 18.6. The fourth-order valence-electron chi connectivity index (χ4n) is 3.48. The number of carbonyl (C=O) groups excluding carboxylic acids is 2. The maximum atomic E-state index is 13.9. The number of carbonyl (C=O) groups is 2. The van der Waals surface area contributed by atoms with Gasteiger partial charge in [0, 0.05) is 25.0 Å². The second-order valence-corrected chi connectivity index (χ2v) is 8.53. The SMILES string of the molecule is COCCN1C(=O)C(CC(=O)Nc2ccc(F)cc2F)SC1=Nc1cccc2ccccc12. The van der Waals surface area contributed by atoms with Gasteiger partial charge in [-0.05, 0) is 23.6 Å². The van der Waals surface area contributed by atoms with Crippen molar-refractivity contribution >= 4 is 50.9 Å². The van der Waals surface area contributed by atoms with Gasteiger partial charge >= 0.3 is 0 Å². The summed E-state index contributed by atoms with van der Waals surface area (Å²) in [6.45, 7) is 0.594. The van der Waals surface area contributed by atoms with Crippen LogP contribution in [-0.4, -0.2) is 47.4 Å². The van der Waals surface area contributed by atoms with E-state index < -0.39 is 22.8 Å². The monoisotopic (exact) mass is 469 g/mol. The molecule has 1 saturated heterocycles. The summed E-state index contributed by atoms with van der Waals surface area (Å²) in [6.07, 6.45) is -0.182. The average Bonchev–Trinajstić information content (AvgIpc) is 3.08. The lowest BCUT2D eigenvalue weighted by atomic mass is 10.1. The number of hydrogen-bond donors (Lipinski definition) is 1. The van der Waals surface area contributed by atoms with Gasteiger partial charge in [-0.2, -0.15) is 0 Å². The molecule has 0 bridgehead atoms. The molecule has 1 unspecified atom stereocenters. The molecule has 0 aliphatic carbocycles. The van der Waals surface area contributed by atoms with Crippen LogP contribution in [0.25, 0.3) is 10.8 Å². The summed E-state index contributed by atoms with van der Waals surface area (Å²) in [5.74, 6) is -2.45. The average molecular weight is 470 g/mol. The Morgan fingerprint density at radius 3 is 2.73 bits per heavy atom. The van der Waals surface area contributed by atoms with Crippen molar-refractivity contribution in [1.82, 2.24) is 4.90 Å². The second kappa shape index (κ2) is 10.1. The number of benzene rings is 3. The van der Waals surface area contributed by atoms with Crippen molar-refractivity contribution in [3.05, 3.63) is 72.3 Å². The first-order valence-electron chi connectivity index (χ1n) is 10.2. The number of amidine groups is 1. The number of nitrogens with zero attached hydrogens (tertiary/aromatic N) is 2. The molecule has 0 aromatic heterocycles. The van der Waals surface area contributed by atoms with Gasteiger partial charge in [0.25, 0.3) is 0 Å². The lowest BCUT2D eigenvalue weighted by Gasteiger charge is -2.16. The van der Waals surface area contributed by atoms with E-state index in [-0.39, 0.29) is 24.6 Å². The van der Waals surface area contributed by atoms with Gasteiger partial charge in [0.2, 0.25) is 11.8 Å². The fourth-order valence-corrected chi connectivity index (χ4v) is 4.66. The molecule has 3 aromatic carbocycles. The van der Waals surface area contributed by atoms with E-state index in [1.165, 1.54) is 23.8 Å². The first-order chi connectivity index (χ1) is 16.0. The number of fused-ring (bicyclic) bond motifs is 1. The van der Waals surface area contributed by atoms with Crippen molar-refractivity contribution in [2.45, 2.75) is 11.7 Å². The topological polar surface area (TPSA) is 71.0 Å². The molecular weight excluding hydrogens is 448 g/mol. The Morgan fingerprint density at radius 2 is 1.94 bits per heavy atom. The van der Waals surface area contributed by atoms with Crippen LogP contribution < -0.4 is 5.32 Å². The standard InChI is InChI=1S/C24H21F2N3O3S/c1-32-12-11-29-23(31)21(14-22(30)27-20-10-9-16(25)13-18(20)26)33-24(29)28-19-8-4-6-15-5-2-3-7-17(15)19/h2-10,13,21H,11-12,14H2,1H3,(H,27,30). The van der Waals surface area contributed by atoms with Crippen LogP contribution in [-0.2, 0) is 14.3 Å². The summed E-state index contributed by atoms with van der Waals surface area (Å²) in [5, 5.41) is 4.12. The fraction of sp³-hybridized carbons (Fsp3) is 0.208. The van der Waals surface area contributed by atoms with Crippen molar-refractivity contribution in [2.24, 2.45) is 4.99 Å². The van der Waals surface area contributed by atoms with E-state index in [0.717, 1.165) is 22.9 Å². The van der Waals surface area contributed by atoms with Gasteiger partial charge < -0.3 is 10.1 Å². The number of halogens is 2. The summed E-state index contributed by atoms with van der Waals surface area (Å²) in [4.78, 5) is 31.8. The van der Waals surface area contributed by atoms with Crippen LogP contribution in [0.1, 0.15) is 6.42 Å². The van der Waals surface area contributed by atoms with Crippen LogP contribution >= 0.6 is 11.8 Å². The zero-order valence-electron chi connectivity index (χ0n) is 17.8. The van der Waals surface area contributed by atoms with Crippen LogP contribution in [0.2, 0.25) is 0 Å².